The van der Waals surface area contributed by atoms with E-state index in [4.69, 9.17) is 10.3 Å². The van der Waals surface area contributed by atoms with Crippen LogP contribution in [0.1, 0.15) is 120 Å². The van der Waals surface area contributed by atoms with Gasteiger partial charge in [0.2, 0.25) is 0 Å². The molecule has 1 unspecified atom stereocenters. The van der Waals surface area contributed by atoms with E-state index < -0.39 is 0 Å². The average molecular weight is 795 g/mol. The Morgan fingerprint density at radius 3 is 2.12 bits per heavy atom. The van der Waals surface area contributed by atoms with Crippen LogP contribution >= 0.6 is 0 Å². The first kappa shape index (κ1) is 46.5. The second kappa shape index (κ2) is 23.4. The summed E-state index contributed by atoms with van der Waals surface area (Å²) in [5, 5.41) is 1.09. The molecule has 3 nitrogen and oxygen atoms in total. The lowest BCUT2D eigenvalue weighted by Gasteiger charge is -2.23. The zero-order valence-corrected chi connectivity index (χ0v) is 37.3. The third kappa shape index (κ3) is 10.9. The van der Waals surface area contributed by atoms with E-state index in [1.807, 2.05) is 57.2 Å². The van der Waals surface area contributed by atoms with Gasteiger partial charge in [-0.05, 0) is 124 Å². The van der Waals surface area contributed by atoms with Crippen LogP contribution in [0.4, 0.5) is 5.69 Å². The van der Waals surface area contributed by atoms with Gasteiger partial charge in [-0.1, -0.05) is 189 Å². The van der Waals surface area contributed by atoms with Crippen LogP contribution < -0.4 is 11.3 Å². The molecule has 60 heavy (non-hydrogen) atoms. The minimum Gasteiger partial charge on any atom is -0.456 e. The van der Waals surface area contributed by atoms with Gasteiger partial charge in [0.05, 0.1) is 5.69 Å². The van der Waals surface area contributed by atoms with E-state index in [9.17, 15) is 0 Å². The SMILES string of the molecule is C=C/C(C(=C)c1cccc(-c2cccc(-c3ccc4oc(C=C)c(/C=C\C)c4c3)c2)c1[C@H](C)CC)=C(/C=C\C)CCC.CC.CC(c1ccccc1)c1ccccc1NN. The van der Waals surface area contributed by atoms with Crippen molar-refractivity contribution in [2.45, 2.75) is 86.5 Å². The number of allylic oxidation sites excluding steroid dienone is 7. The fourth-order valence-corrected chi connectivity index (χ4v) is 7.79. The number of furan rings is 1. The summed E-state index contributed by atoms with van der Waals surface area (Å²) in [6.07, 6.45) is 15.3. The molecule has 0 bridgehead atoms. The molecule has 0 saturated heterocycles. The van der Waals surface area contributed by atoms with Gasteiger partial charge in [0.15, 0.2) is 0 Å². The minimum absolute atomic E-state index is 0.341. The maximum absolute atomic E-state index is 6.06. The van der Waals surface area contributed by atoms with Gasteiger partial charge in [-0.3, -0.25) is 5.84 Å². The van der Waals surface area contributed by atoms with E-state index in [1.165, 1.54) is 44.5 Å². The van der Waals surface area contributed by atoms with E-state index in [-0.39, 0.29) is 0 Å². The highest BCUT2D eigenvalue weighted by atomic mass is 16.3. The highest BCUT2D eigenvalue weighted by molar-refractivity contribution is 5.94. The molecule has 0 saturated carbocycles. The van der Waals surface area contributed by atoms with Crippen molar-refractivity contribution >= 4 is 34.4 Å². The van der Waals surface area contributed by atoms with E-state index in [0.29, 0.717) is 11.8 Å². The Labute approximate surface area is 361 Å². The van der Waals surface area contributed by atoms with Gasteiger partial charge in [-0.25, -0.2) is 0 Å². The summed E-state index contributed by atoms with van der Waals surface area (Å²) in [5.41, 5.74) is 19.0. The van der Waals surface area contributed by atoms with Crippen LogP contribution in [0, 0.1) is 0 Å². The van der Waals surface area contributed by atoms with Crippen molar-refractivity contribution in [2.75, 3.05) is 5.43 Å². The summed E-state index contributed by atoms with van der Waals surface area (Å²) >= 11 is 0. The maximum Gasteiger partial charge on any atom is 0.135 e. The smallest absolute Gasteiger partial charge is 0.135 e. The first-order chi connectivity index (χ1) is 29.2. The van der Waals surface area contributed by atoms with Crippen molar-refractivity contribution in [3.05, 3.63) is 204 Å². The number of hydrogen-bond acceptors (Lipinski definition) is 3. The predicted octanol–water partition coefficient (Wildman–Crippen LogP) is 17.0. The minimum atomic E-state index is 0.341. The van der Waals surface area contributed by atoms with E-state index in [1.54, 1.807) is 6.08 Å². The Balaban J connectivity index is 0.000000366. The van der Waals surface area contributed by atoms with Gasteiger partial charge in [0.1, 0.15) is 11.3 Å². The number of nitrogen functional groups attached to an aromatic ring is 1. The quantitative estimate of drug-likeness (QED) is 0.0618. The molecular weight excluding hydrogens is 729 g/mol. The number of nitrogens with two attached hydrogens (primary N) is 1. The molecule has 5 aromatic carbocycles. The molecule has 0 aliphatic carbocycles. The third-order valence-corrected chi connectivity index (χ3v) is 11.0. The van der Waals surface area contributed by atoms with Crippen molar-refractivity contribution in [3.8, 4) is 22.3 Å². The molecule has 2 atom stereocenters. The molecule has 0 aliphatic rings. The van der Waals surface area contributed by atoms with Crippen molar-refractivity contribution in [1.29, 1.82) is 0 Å². The average Bonchev–Trinajstić information content (AvgIpc) is 3.66. The number of para-hydroxylation sites is 1. The molecule has 0 spiro atoms. The molecule has 3 heteroatoms. The summed E-state index contributed by atoms with van der Waals surface area (Å²) in [6, 6.07) is 40.5. The molecule has 0 radical (unpaired) electrons. The monoisotopic (exact) mass is 795 g/mol. The van der Waals surface area contributed by atoms with Crippen molar-refractivity contribution in [3.63, 3.8) is 0 Å². The van der Waals surface area contributed by atoms with Crippen LogP contribution in [0.2, 0.25) is 0 Å². The number of fused-ring (bicyclic) bond motifs is 1. The summed E-state index contributed by atoms with van der Waals surface area (Å²) in [6.45, 7) is 29.8. The Kier molecular flexibility index (Phi) is 18.2. The van der Waals surface area contributed by atoms with Crippen LogP contribution in [-0.4, -0.2) is 0 Å². The van der Waals surface area contributed by atoms with Crippen molar-refractivity contribution in [1.82, 2.24) is 0 Å². The standard InChI is InChI=1S/C41H44O.C14H16N2.C2H6/c1-9-17-30(18-10-2)34(13-5)29(8)35-22-16-23-36(41(35)28(7)12-4)33-21-15-20-31(26-33)32-24-25-40-38(27-32)37(19-11-3)39(14-6)42-40;1-11(12-7-3-2-4-8-12)13-9-5-6-10-14(13)16-15;1-2/h9,11,13-17,19-28H,5-6,8,10,12,18H2,1-4,7H3;2-11,16H,15H2,1H3;1-2H3/b17-9-,19-11-,34-30+;;/t28-;;/m1../s1. The first-order valence-electron chi connectivity index (χ1n) is 21.6. The Bertz CT molecular complexity index is 2440. The van der Waals surface area contributed by atoms with Crippen molar-refractivity contribution < 1.29 is 4.42 Å². The Hall–Kier alpha value is -6.16. The second-order valence-corrected chi connectivity index (χ2v) is 14.7. The van der Waals surface area contributed by atoms with Crippen LogP contribution in [0.3, 0.4) is 0 Å². The van der Waals surface area contributed by atoms with Gasteiger partial charge in [0.25, 0.3) is 0 Å². The predicted molar refractivity (Wildman–Crippen MR) is 266 cm³/mol. The molecule has 6 rings (SSSR count). The lowest BCUT2D eigenvalue weighted by Crippen LogP contribution is -2.10. The molecule has 6 aromatic rings. The summed E-state index contributed by atoms with van der Waals surface area (Å²) in [7, 11) is 0. The van der Waals surface area contributed by atoms with E-state index >= 15 is 0 Å². The molecule has 0 fully saturated rings. The van der Waals surface area contributed by atoms with Crippen molar-refractivity contribution in [2.24, 2.45) is 5.84 Å². The molecule has 1 aromatic heterocycles. The van der Waals surface area contributed by atoms with Gasteiger partial charge < -0.3 is 9.84 Å². The maximum atomic E-state index is 6.06. The van der Waals surface area contributed by atoms with Gasteiger partial charge in [0, 0.05) is 16.9 Å². The largest absolute Gasteiger partial charge is 0.456 e. The lowest BCUT2D eigenvalue weighted by molar-refractivity contribution is 0.603. The molecule has 0 amide bonds. The van der Waals surface area contributed by atoms with Crippen LogP contribution in [-0.2, 0) is 0 Å². The molecule has 310 valence electrons. The van der Waals surface area contributed by atoms with Gasteiger partial charge in [-0.2, -0.15) is 0 Å². The number of nitrogens with one attached hydrogen (secondary N) is 1. The number of hydrogen-bond donors (Lipinski definition) is 2. The van der Waals surface area contributed by atoms with E-state index in [2.05, 4.69) is 169 Å². The third-order valence-electron chi connectivity index (χ3n) is 11.0. The lowest BCUT2D eigenvalue weighted by atomic mass is 9.81. The van der Waals surface area contributed by atoms with E-state index in [0.717, 1.165) is 64.0 Å². The number of rotatable bonds is 15. The van der Waals surface area contributed by atoms with Gasteiger partial charge >= 0.3 is 0 Å². The summed E-state index contributed by atoms with van der Waals surface area (Å²) in [5.74, 6) is 7.02. The number of benzene rings is 5. The summed E-state index contributed by atoms with van der Waals surface area (Å²) < 4.78 is 6.06. The molecule has 3 N–H and O–H groups in total. The first-order valence-corrected chi connectivity index (χ1v) is 21.6. The zero-order valence-electron chi connectivity index (χ0n) is 37.3. The number of hydrazine groups is 1. The number of anilines is 1. The topological polar surface area (TPSA) is 51.2 Å². The molecule has 0 aliphatic heterocycles. The fraction of sp³-hybridized carbons (Fsp3) is 0.228. The molecular formula is C57H66N2O. The molecule has 1 heterocycles. The second-order valence-electron chi connectivity index (χ2n) is 14.7. The Morgan fingerprint density at radius 2 is 1.47 bits per heavy atom. The highest BCUT2D eigenvalue weighted by Gasteiger charge is 2.20. The summed E-state index contributed by atoms with van der Waals surface area (Å²) in [4.78, 5) is 0. The van der Waals surface area contributed by atoms with Gasteiger partial charge in [-0.15, -0.1) is 0 Å². The zero-order chi connectivity index (χ0) is 43.6. The fourth-order valence-electron chi connectivity index (χ4n) is 7.79. The highest BCUT2D eigenvalue weighted by Crippen LogP contribution is 2.41. The normalized spacial score (nSPS) is 12.5. The van der Waals surface area contributed by atoms with Crippen LogP contribution in [0.25, 0.3) is 50.9 Å². The van der Waals surface area contributed by atoms with Crippen LogP contribution in [0.15, 0.2) is 175 Å². The van der Waals surface area contributed by atoms with Crippen LogP contribution in [0.5, 0.6) is 0 Å². The Morgan fingerprint density at radius 1 is 0.783 bits per heavy atom.